The first-order valence-electron chi connectivity index (χ1n) is 26.9. The van der Waals surface area contributed by atoms with Crippen molar-refractivity contribution >= 4 is 107 Å². The lowest BCUT2D eigenvalue weighted by Gasteiger charge is -2.14. The van der Waals surface area contributed by atoms with Crippen molar-refractivity contribution < 1.29 is 0 Å². The molecule has 0 fully saturated rings. The molecule has 0 bridgehead atoms. The van der Waals surface area contributed by atoms with Crippen LogP contribution < -0.4 is 0 Å². The van der Waals surface area contributed by atoms with Crippen LogP contribution in [0.1, 0.15) is 17.5 Å². The smallest absolute Gasteiger partial charge is 0.166 e. The van der Waals surface area contributed by atoms with Gasteiger partial charge in [0.1, 0.15) is 0 Å². The monoisotopic (exact) mass is 1050 g/mol. The molecule has 6 nitrogen and oxygen atoms in total. The number of nitrogens with zero attached hydrogens (tertiary/aromatic N) is 6. The quantitative estimate of drug-likeness (QED) is 0.137. The molecule has 16 rings (SSSR count). The standard InChI is InChI=1S/C71H46N6S2/c1-5-21-46(22-6-1)69-73-70(47-23-7-2-8-24-47)75-71(74-69)57-38-44(20-17-25-45-26-18-36-62-66(45)55-39-60-53(41-64(55)78-62)50-31-13-15-34-58(50)76(60)48-27-9-3-10-28-48)43-72-68(57)52-33-19-37-63-67(52)56-40-61-54(42-65(56)79-63)51-32-14-16-35-59(51)77(61)49-29-11-4-12-30-49/h1-16,18-19,21-24,26-43H,17,20,25H2. The summed E-state index contributed by atoms with van der Waals surface area (Å²) in [6.07, 6.45) is 4.76. The van der Waals surface area contributed by atoms with E-state index in [2.05, 4.69) is 216 Å². The first-order valence-corrected chi connectivity index (χ1v) is 28.5. The summed E-state index contributed by atoms with van der Waals surface area (Å²) >= 11 is 3.73. The normalized spacial score (nSPS) is 11.9. The van der Waals surface area contributed by atoms with Crippen molar-refractivity contribution in [3.63, 3.8) is 0 Å². The largest absolute Gasteiger partial charge is 0.309 e. The number of aryl methyl sites for hydroxylation is 2. The van der Waals surface area contributed by atoms with Crippen LogP contribution in [0, 0.1) is 0 Å². The fourth-order valence-electron chi connectivity index (χ4n) is 12.2. The Labute approximate surface area is 462 Å². The molecule has 0 aliphatic rings. The third kappa shape index (κ3) is 7.58. The van der Waals surface area contributed by atoms with Crippen molar-refractivity contribution in [3.8, 4) is 56.8 Å². The average molecular weight is 1050 g/mol. The van der Waals surface area contributed by atoms with Crippen LogP contribution in [0.25, 0.3) is 141 Å². The van der Waals surface area contributed by atoms with Crippen molar-refractivity contribution in [2.24, 2.45) is 0 Å². The summed E-state index contributed by atoms with van der Waals surface area (Å²) < 4.78 is 9.90. The van der Waals surface area contributed by atoms with Crippen LogP contribution in [0.2, 0.25) is 0 Å². The fraction of sp³-hybridized carbons (Fsp3) is 0.0423. The summed E-state index contributed by atoms with van der Waals surface area (Å²) in [4.78, 5) is 21.3. The van der Waals surface area contributed by atoms with Gasteiger partial charge in [0.2, 0.25) is 0 Å². The summed E-state index contributed by atoms with van der Waals surface area (Å²) in [6.45, 7) is 0. The summed E-state index contributed by atoms with van der Waals surface area (Å²) in [7, 11) is 0. The van der Waals surface area contributed by atoms with Crippen LogP contribution in [-0.4, -0.2) is 29.1 Å². The zero-order valence-corrected chi connectivity index (χ0v) is 44.3. The average Bonchev–Trinajstić information content (AvgIpc) is 4.21. The van der Waals surface area contributed by atoms with Crippen LogP contribution in [0.15, 0.2) is 243 Å². The van der Waals surface area contributed by atoms with E-state index in [0.29, 0.717) is 17.5 Å². The van der Waals surface area contributed by atoms with Crippen LogP contribution in [0.4, 0.5) is 0 Å². The van der Waals surface area contributed by atoms with Gasteiger partial charge >= 0.3 is 0 Å². The molecule has 6 aromatic heterocycles. The molecule has 0 saturated carbocycles. The van der Waals surface area contributed by atoms with E-state index >= 15 is 0 Å². The topological polar surface area (TPSA) is 61.4 Å². The van der Waals surface area contributed by atoms with E-state index in [1.54, 1.807) is 0 Å². The molecular weight excluding hydrogens is 1000 g/mol. The lowest BCUT2D eigenvalue weighted by atomic mass is 9.96. The highest BCUT2D eigenvalue weighted by molar-refractivity contribution is 7.26. The Morgan fingerprint density at radius 3 is 1.42 bits per heavy atom. The van der Waals surface area contributed by atoms with Crippen LogP contribution in [0.5, 0.6) is 0 Å². The second-order valence-corrected chi connectivity index (χ2v) is 22.6. The van der Waals surface area contributed by atoms with E-state index in [1.807, 2.05) is 59.1 Å². The Morgan fingerprint density at radius 2 is 0.835 bits per heavy atom. The Kier molecular flexibility index (Phi) is 10.7. The minimum Gasteiger partial charge on any atom is -0.309 e. The van der Waals surface area contributed by atoms with Gasteiger partial charge < -0.3 is 9.13 Å². The molecule has 10 aromatic carbocycles. The van der Waals surface area contributed by atoms with Gasteiger partial charge in [-0.2, -0.15) is 0 Å². The van der Waals surface area contributed by atoms with Gasteiger partial charge in [0.25, 0.3) is 0 Å². The van der Waals surface area contributed by atoms with Gasteiger partial charge in [0.15, 0.2) is 17.5 Å². The van der Waals surface area contributed by atoms with E-state index in [4.69, 9.17) is 19.9 Å². The van der Waals surface area contributed by atoms with Gasteiger partial charge in [0, 0.05) is 102 Å². The molecule has 0 saturated heterocycles. The van der Waals surface area contributed by atoms with Gasteiger partial charge in [-0.3, -0.25) is 4.98 Å². The molecule has 0 aliphatic heterocycles. The van der Waals surface area contributed by atoms with Crippen molar-refractivity contribution in [1.29, 1.82) is 0 Å². The van der Waals surface area contributed by atoms with E-state index < -0.39 is 0 Å². The predicted octanol–water partition coefficient (Wildman–Crippen LogP) is 19.0. The van der Waals surface area contributed by atoms with Crippen molar-refractivity contribution in [2.45, 2.75) is 19.3 Å². The highest BCUT2D eigenvalue weighted by Crippen LogP contribution is 2.46. The van der Waals surface area contributed by atoms with Gasteiger partial charge in [-0.1, -0.05) is 158 Å². The van der Waals surface area contributed by atoms with Crippen molar-refractivity contribution in [2.75, 3.05) is 0 Å². The number of para-hydroxylation sites is 4. The number of benzene rings is 10. The number of fused-ring (bicyclic) bond motifs is 12. The fourth-order valence-corrected chi connectivity index (χ4v) is 14.5. The van der Waals surface area contributed by atoms with Crippen LogP contribution in [0.3, 0.4) is 0 Å². The summed E-state index contributed by atoms with van der Waals surface area (Å²) in [5.74, 6) is 1.83. The summed E-state index contributed by atoms with van der Waals surface area (Å²) in [6, 6.07) is 85.0. The first kappa shape index (κ1) is 45.6. The van der Waals surface area contributed by atoms with Crippen molar-refractivity contribution in [3.05, 3.63) is 254 Å². The zero-order chi connectivity index (χ0) is 52.0. The molecule has 0 atom stereocenters. The summed E-state index contributed by atoms with van der Waals surface area (Å²) in [5, 5.41) is 10.1. The number of thiophene rings is 2. The Morgan fingerprint density at radius 1 is 0.342 bits per heavy atom. The van der Waals surface area contributed by atoms with Gasteiger partial charge in [0.05, 0.1) is 27.8 Å². The number of hydrogen-bond acceptors (Lipinski definition) is 6. The third-order valence-corrected chi connectivity index (χ3v) is 18.0. The molecule has 16 aromatic rings. The lowest BCUT2D eigenvalue weighted by Crippen LogP contribution is -2.03. The third-order valence-electron chi connectivity index (χ3n) is 15.7. The maximum Gasteiger partial charge on any atom is 0.166 e. The van der Waals surface area contributed by atoms with Gasteiger partial charge in [-0.15, -0.1) is 22.7 Å². The van der Waals surface area contributed by atoms with E-state index in [0.717, 1.165) is 58.5 Å². The van der Waals surface area contributed by atoms with Crippen LogP contribution >= 0.6 is 22.7 Å². The SMILES string of the molecule is c1ccc(-c2nc(-c3ccccc3)nc(-c3cc(CCCc4cccc5sc6cc7c8ccccc8n(-c8ccccc8)c7cc6c45)cnc3-c3cccc4sc5cc6c7ccccc7n(-c7ccccc7)c6cc5c34)n2)cc1. The second-order valence-electron chi connectivity index (χ2n) is 20.4. The van der Waals surface area contributed by atoms with Crippen LogP contribution in [-0.2, 0) is 12.8 Å². The molecule has 0 amide bonds. The van der Waals surface area contributed by atoms with Crippen molar-refractivity contribution in [1.82, 2.24) is 29.1 Å². The lowest BCUT2D eigenvalue weighted by molar-refractivity contribution is 0.822. The van der Waals surface area contributed by atoms with Gasteiger partial charge in [-0.25, -0.2) is 15.0 Å². The Hall–Kier alpha value is -9.60. The number of aromatic nitrogens is 6. The molecule has 0 N–H and O–H groups in total. The predicted molar refractivity (Wildman–Crippen MR) is 332 cm³/mol. The maximum atomic E-state index is 5.52. The minimum absolute atomic E-state index is 0.592. The Bertz CT molecular complexity index is 4980. The molecule has 372 valence electrons. The van der Waals surface area contributed by atoms with Gasteiger partial charge in [-0.05, 0) is 109 Å². The highest BCUT2D eigenvalue weighted by Gasteiger charge is 2.23. The van der Waals surface area contributed by atoms with E-state index in [9.17, 15) is 0 Å². The number of rotatable bonds is 10. The zero-order valence-electron chi connectivity index (χ0n) is 42.7. The molecule has 0 unspecified atom stereocenters. The molecule has 0 spiro atoms. The van der Waals surface area contributed by atoms with E-state index in [-0.39, 0.29) is 0 Å². The highest BCUT2D eigenvalue weighted by atomic mass is 32.1. The minimum atomic E-state index is 0.592. The first-order chi connectivity index (χ1) is 39.2. The molecule has 0 aliphatic carbocycles. The Balaban J connectivity index is 0.843. The molecule has 8 heteroatoms. The molecule has 79 heavy (non-hydrogen) atoms. The number of pyridine rings is 1. The maximum absolute atomic E-state index is 5.52. The van der Waals surface area contributed by atoms with E-state index in [1.165, 1.54) is 95.2 Å². The molecular formula is C71H46N6S2. The summed E-state index contributed by atoms with van der Waals surface area (Å²) in [5.41, 5.74) is 14.2. The number of hydrogen-bond donors (Lipinski definition) is 0. The second kappa shape index (κ2) is 18.6. The molecule has 6 heterocycles. The molecule has 0 radical (unpaired) electrons.